The molecule has 2 heterocycles. The number of benzene rings is 1. The van der Waals surface area contributed by atoms with Gasteiger partial charge in [-0.15, -0.1) is 11.3 Å². The standard InChI is InChI=1S/C14H10N4O4S2/c1-7-8(2)23-13-12(7)14(16-6-15-13)24-11-4-3-9(17(19)20)5-10(11)18(21)22/h3-6H,1-2H3. The summed E-state index contributed by atoms with van der Waals surface area (Å²) in [5, 5.41) is 23.5. The van der Waals surface area contributed by atoms with Gasteiger partial charge in [-0.2, -0.15) is 0 Å². The van der Waals surface area contributed by atoms with E-state index in [4.69, 9.17) is 0 Å². The second-order valence-corrected chi connectivity index (χ2v) is 7.14. The van der Waals surface area contributed by atoms with Gasteiger partial charge in [0.05, 0.1) is 20.8 Å². The molecule has 0 N–H and O–H groups in total. The summed E-state index contributed by atoms with van der Waals surface area (Å²) in [5.41, 5.74) is 0.398. The number of hydrogen-bond donors (Lipinski definition) is 0. The topological polar surface area (TPSA) is 112 Å². The molecule has 3 rings (SSSR count). The number of rotatable bonds is 4. The van der Waals surface area contributed by atoms with E-state index in [0.29, 0.717) is 9.92 Å². The molecule has 0 aliphatic rings. The molecule has 122 valence electrons. The Bertz CT molecular complexity index is 986. The van der Waals surface area contributed by atoms with Crippen LogP contribution in [0.4, 0.5) is 11.4 Å². The zero-order valence-corrected chi connectivity index (χ0v) is 14.2. The molecule has 8 nitrogen and oxygen atoms in total. The summed E-state index contributed by atoms with van der Waals surface area (Å²) in [5.74, 6) is 0. The molecule has 0 saturated heterocycles. The highest BCUT2D eigenvalue weighted by molar-refractivity contribution is 7.99. The third-order valence-corrected chi connectivity index (χ3v) is 5.67. The Morgan fingerprint density at radius 2 is 1.88 bits per heavy atom. The fraction of sp³-hybridized carbons (Fsp3) is 0.143. The predicted octanol–water partition coefficient (Wildman–Crippen LogP) is 4.28. The SMILES string of the molecule is Cc1sc2ncnc(Sc3ccc([N+](=O)[O-])cc3[N+](=O)[O-])c2c1C. The molecule has 0 fully saturated rings. The van der Waals surface area contributed by atoms with E-state index in [0.717, 1.165) is 38.5 Å². The van der Waals surface area contributed by atoms with Gasteiger partial charge >= 0.3 is 0 Å². The van der Waals surface area contributed by atoms with Crippen molar-refractivity contribution in [3.8, 4) is 0 Å². The molecule has 0 unspecified atom stereocenters. The molecule has 10 heteroatoms. The monoisotopic (exact) mass is 362 g/mol. The molecule has 0 amide bonds. The highest BCUT2D eigenvalue weighted by atomic mass is 32.2. The van der Waals surface area contributed by atoms with Crippen LogP contribution in [-0.2, 0) is 0 Å². The van der Waals surface area contributed by atoms with Gasteiger partial charge in [0.25, 0.3) is 11.4 Å². The quantitative estimate of drug-likeness (QED) is 0.387. The van der Waals surface area contributed by atoms with E-state index in [9.17, 15) is 20.2 Å². The fourth-order valence-corrected chi connectivity index (χ4v) is 4.28. The first-order valence-corrected chi connectivity index (χ1v) is 8.33. The van der Waals surface area contributed by atoms with Crippen LogP contribution in [-0.4, -0.2) is 19.8 Å². The van der Waals surface area contributed by atoms with E-state index in [2.05, 4.69) is 9.97 Å². The number of nitrogens with zero attached hydrogens (tertiary/aromatic N) is 4. The third-order valence-electron chi connectivity index (χ3n) is 3.49. The minimum Gasteiger partial charge on any atom is -0.258 e. The van der Waals surface area contributed by atoms with Crippen LogP contribution in [0.1, 0.15) is 10.4 Å². The van der Waals surface area contributed by atoms with Crippen molar-refractivity contribution in [2.45, 2.75) is 23.8 Å². The van der Waals surface area contributed by atoms with Crippen LogP contribution in [0.3, 0.4) is 0 Å². The van der Waals surface area contributed by atoms with Gasteiger partial charge in [-0.05, 0) is 25.5 Å². The van der Waals surface area contributed by atoms with Crippen molar-refractivity contribution in [1.29, 1.82) is 0 Å². The van der Waals surface area contributed by atoms with Crippen molar-refractivity contribution in [1.82, 2.24) is 9.97 Å². The van der Waals surface area contributed by atoms with Crippen LogP contribution in [0.15, 0.2) is 34.4 Å². The zero-order chi connectivity index (χ0) is 17.4. The van der Waals surface area contributed by atoms with E-state index >= 15 is 0 Å². The van der Waals surface area contributed by atoms with Crippen molar-refractivity contribution in [3.63, 3.8) is 0 Å². The van der Waals surface area contributed by atoms with Crippen molar-refractivity contribution >= 4 is 44.7 Å². The van der Waals surface area contributed by atoms with E-state index < -0.39 is 9.85 Å². The summed E-state index contributed by atoms with van der Waals surface area (Å²) >= 11 is 2.64. The van der Waals surface area contributed by atoms with Crippen LogP contribution in [0.2, 0.25) is 0 Å². The maximum atomic E-state index is 11.3. The predicted molar refractivity (Wildman–Crippen MR) is 90.8 cm³/mol. The molecule has 2 aromatic heterocycles. The summed E-state index contributed by atoms with van der Waals surface area (Å²) in [6, 6.07) is 3.59. The van der Waals surface area contributed by atoms with E-state index in [-0.39, 0.29) is 11.4 Å². The lowest BCUT2D eigenvalue weighted by Crippen LogP contribution is -1.95. The number of aryl methyl sites for hydroxylation is 2. The van der Waals surface area contributed by atoms with Crippen LogP contribution >= 0.6 is 23.1 Å². The van der Waals surface area contributed by atoms with E-state index in [1.54, 1.807) is 0 Å². The fourth-order valence-electron chi connectivity index (χ4n) is 2.18. The second-order valence-electron chi connectivity index (χ2n) is 4.91. The maximum absolute atomic E-state index is 11.3. The van der Waals surface area contributed by atoms with Crippen LogP contribution in [0.25, 0.3) is 10.2 Å². The smallest absolute Gasteiger partial charge is 0.258 e. The summed E-state index contributed by atoms with van der Waals surface area (Å²) < 4.78 is 0. The first-order valence-electron chi connectivity index (χ1n) is 6.70. The summed E-state index contributed by atoms with van der Waals surface area (Å²) in [7, 11) is 0. The molecule has 0 bridgehead atoms. The molecule has 0 aliphatic heterocycles. The normalized spacial score (nSPS) is 10.9. The van der Waals surface area contributed by atoms with E-state index in [1.165, 1.54) is 29.8 Å². The summed E-state index contributed by atoms with van der Waals surface area (Å²) in [6.45, 7) is 3.93. The summed E-state index contributed by atoms with van der Waals surface area (Å²) in [4.78, 5) is 31.5. The van der Waals surface area contributed by atoms with Crippen molar-refractivity contribution in [3.05, 3.63) is 55.2 Å². The highest BCUT2D eigenvalue weighted by Crippen LogP contribution is 2.41. The first kappa shape index (κ1) is 16.3. The molecule has 3 aromatic rings. The van der Waals surface area contributed by atoms with Gasteiger partial charge in [-0.3, -0.25) is 20.2 Å². The number of nitro groups is 2. The molecule has 0 radical (unpaired) electrons. The average molecular weight is 362 g/mol. The third kappa shape index (κ3) is 2.81. The number of thiophene rings is 1. The lowest BCUT2D eigenvalue weighted by molar-refractivity contribution is -0.396. The maximum Gasteiger partial charge on any atom is 0.290 e. The molecule has 24 heavy (non-hydrogen) atoms. The van der Waals surface area contributed by atoms with E-state index in [1.807, 2.05) is 13.8 Å². The molecule has 0 saturated carbocycles. The molecule has 0 atom stereocenters. The Labute approximate surface area is 143 Å². The minimum absolute atomic E-state index is 0.300. The second kappa shape index (κ2) is 6.13. The number of non-ortho nitro benzene ring substituents is 1. The Morgan fingerprint density at radius 1 is 1.12 bits per heavy atom. The van der Waals surface area contributed by atoms with Gasteiger partial charge in [-0.1, -0.05) is 11.8 Å². The van der Waals surface area contributed by atoms with Crippen molar-refractivity contribution in [2.75, 3.05) is 0 Å². The largest absolute Gasteiger partial charge is 0.290 e. The zero-order valence-electron chi connectivity index (χ0n) is 12.5. The van der Waals surface area contributed by atoms with Gasteiger partial charge in [0.15, 0.2) is 0 Å². The lowest BCUT2D eigenvalue weighted by Gasteiger charge is -2.04. The van der Waals surface area contributed by atoms with Crippen LogP contribution in [0.5, 0.6) is 0 Å². The Hall–Kier alpha value is -2.59. The van der Waals surface area contributed by atoms with Crippen molar-refractivity contribution < 1.29 is 9.85 Å². The van der Waals surface area contributed by atoms with Gasteiger partial charge in [0, 0.05) is 16.3 Å². The minimum atomic E-state index is -0.656. The van der Waals surface area contributed by atoms with Crippen LogP contribution in [0, 0.1) is 34.1 Å². The highest BCUT2D eigenvalue weighted by Gasteiger charge is 2.22. The van der Waals surface area contributed by atoms with Crippen molar-refractivity contribution in [2.24, 2.45) is 0 Å². The average Bonchev–Trinajstić information content (AvgIpc) is 2.83. The van der Waals surface area contributed by atoms with Gasteiger partial charge < -0.3 is 0 Å². The number of hydrogen-bond acceptors (Lipinski definition) is 8. The molecular formula is C14H10N4O4S2. The number of fused-ring (bicyclic) bond motifs is 1. The summed E-state index contributed by atoms with van der Waals surface area (Å²) in [6.07, 6.45) is 1.41. The van der Waals surface area contributed by atoms with Gasteiger partial charge in [0.2, 0.25) is 0 Å². The molecular weight excluding hydrogens is 352 g/mol. The Balaban J connectivity index is 2.12. The van der Waals surface area contributed by atoms with Crippen LogP contribution < -0.4 is 0 Å². The molecule has 0 spiro atoms. The Kier molecular flexibility index (Phi) is 4.16. The van der Waals surface area contributed by atoms with Gasteiger partial charge in [-0.25, -0.2) is 9.97 Å². The number of nitro benzene ring substituents is 2. The Morgan fingerprint density at radius 3 is 2.54 bits per heavy atom. The van der Waals surface area contributed by atoms with Gasteiger partial charge in [0.1, 0.15) is 16.2 Å². The number of aromatic nitrogens is 2. The molecule has 1 aromatic carbocycles. The first-order chi connectivity index (χ1) is 11.4. The molecule has 0 aliphatic carbocycles. The lowest BCUT2D eigenvalue weighted by atomic mass is 10.2.